The van der Waals surface area contributed by atoms with Gasteiger partial charge in [0.2, 0.25) is 0 Å². The Kier molecular flexibility index (Phi) is 2.31. The predicted molar refractivity (Wildman–Crippen MR) is 48.3 cm³/mol. The van der Waals surface area contributed by atoms with Crippen LogP contribution in [0.1, 0.15) is 20.8 Å². The van der Waals surface area contributed by atoms with E-state index in [4.69, 9.17) is 0 Å². The quantitative estimate of drug-likeness (QED) is 0.576. The van der Waals surface area contributed by atoms with Crippen molar-refractivity contribution in [2.45, 2.75) is 25.6 Å². The van der Waals surface area contributed by atoms with E-state index in [0.29, 0.717) is 4.87 Å². The highest BCUT2D eigenvalue weighted by Crippen LogP contribution is 2.39. The molecule has 0 saturated carbocycles. The zero-order valence-corrected chi connectivity index (χ0v) is 8.16. The van der Waals surface area contributed by atoms with E-state index in [0.717, 1.165) is 5.92 Å². The summed E-state index contributed by atoms with van der Waals surface area (Å²) in [5, 5.41) is 0. The summed E-state index contributed by atoms with van der Waals surface area (Å²) in [7, 11) is 2.22. The molecule has 0 aromatic rings. The van der Waals surface area contributed by atoms with E-state index >= 15 is 0 Å². The Bertz CT molecular complexity index is 124. The van der Waals surface area contributed by atoms with Crippen molar-refractivity contribution < 1.29 is 0 Å². The van der Waals surface area contributed by atoms with E-state index in [9.17, 15) is 0 Å². The third-order valence-electron chi connectivity index (χ3n) is 2.65. The summed E-state index contributed by atoms with van der Waals surface area (Å²) >= 11 is 2.09. The Morgan fingerprint density at radius 2 is 2.10 bits per heavy atom. The average molecular weight is 159 g/mol. The van der Waals surface area contributed by atoms with Crippen LogP contribution in [0.25, 0.3) is 0 Å². The van der Waals surface area contributed by atoms with E-state index in [-0.39, 0.29) is 0 Å². The van der Waals surface area contributed by atoms with Crippen molar-refractivity contribution in [3.05, 3.63) is 0 Å². The molecule has 1 saturated heterocycles. The van der Waals surface area contributed by atoms with Crippen LogP contribution in [0.2, 0.25) is 0 Å². The van der Waals surface area contributed by atoms with Gasteiger partial charge in [-0.25, -0.2) is 0 Å². The molecule has 0 radical (unpaired) electrons. The van der Waals surface area contributed by atoms with Crippen molar-refractivity contribution in [3.63, 3.8) is 0 Å². The lowest BCUT2D eigenvalue weighted by molar-refractivity contribution is 0.202. The zero-order valence-electron chi connectivity index (χ0n) is 7.35. The van der Waals surface area contributed by atoms with Crippen LogP contribution in [0, 0.1) is 5.92 Å². The fraction of sp³-hybridized carbons (Fsp3) is 1.00. The van der Waals surface area contributed by atoms with Crippen molar-refractivity contribution >= 4 is 11.8 Å². The highest BCUT2D eigenvalue weighted by molar-refractivity contribution is 8.00. The van der Waals surface area contributed by atoms with E-state index in [1.54, 1.807) is 0 Å². The fourth-order valence-corrected chi connectivity index (χ4v) is 2.75. The SMILES string of the molecule is CC(C)C1(C)SCCN1C. The topological polar surface area (TPSA) is 3.24 Å². The molecule has 1 unspecified atom stereocenters. The van der Waals surface area contributed by atoms with Gasteiger partial charge in [0, 0.05) is 12.3 Å². The number of nitrogens with zero attached hydrogens (tertiary/aromatic N) is 1. The van der Waals surface area contributed by atoms with Gasteiger partial charge in [-0.1, -0.05) is 13.8 Å². The molecule has 10 heavy (non-hydrogen) atoms. The first kappa shape index (κ1) is 8.41. The van der Waals surface area contributed by atoms with Crippen molar-refractivity contribution in [2.75, 3.05) is 19.3 Å². The van der Waals surface area contributed by atoms with Crippen molar-refractivity contribution in [2.24, 2.45) is 5.92 Å². The number of hydrogen-bond acceptors (Lipinski definition) is 2. The van der Waals surface area contributed by atoms with Crippen LogP contribution in [0.4, 0.5) is 0 Å². The van der Waals surface area contributed by atoms with Crippen LogP contribution in [0.5, 0.6) is 0 Å². The van der Waals surface area contributed by atoms with Gasteiger partial charge in [0.15, 0.2) is 0 Å². The normalized spacial score (nSPS) is 35.7. The third-order valence-corrected chi connectivity index (χ3v) is 4.40. The minimum atomic E-state index is 0.403. The maximum atomic E-state index is 2.46. The maximum Gasteiger partial charge on any atom is 0.0663 e. The van der Waals surface area contributed by atoms with Crippen LogP contribution in [0.3, 0.4) is 0 Å². The number of hydrogen-bond donors (Lipinski definition) is 0. The highest BCUT2D eigenvalue weighted by atomic mass is 32.2. The molecule has 1 aliphatic heterocycles. The van der Waals surface area contributed by atoms with Crippen LogP contribution in [-0.2, 0) is 0 Å². The van der Waals surface area contributed by atoms with Crippen LogP contribution < -0.4 is 0 Å². The first-order chi connectivity index (χ1) is 4.57. The van der Waals surface area contributed by atoms with Crippen molar-refractivity contribution in [3.8, 4) is 0 Å². The summed E-state index contributed by atoms with van der Waals surface area (Å²) < 4.78 is 0. The molecule has 1 rings (SSSR count). The average Bonchev–Trinajstić information content (AvgIpc) is 2.15. The molecule has 0 amide bonds. The Labute approximate surface area is 68.2 Å². The summed E-state index contributed by atoms with van der Waals surface area (Å²) in [5.41, 5.74) is 0. The number of thioether (sulfide) groups is 1. The summed E-state index contributed by atoms with van der Waals surface area (Å²) in [4.78, 5) is 2.86. The lowest BCUT2D eigenvalue weighted by Crippen LogP contribution is -2.40. The van der Waals surface area contributed by atoms with E-state index < -0.39 is 0 Å². The zero-order chi connectivity index (χ0) is 7.78. The Hall–Kier alpha value is 0.310. The van der Waals surface area contributed by atoms with Crippen LogP contribution in [0.15, 0.2) is 0 Å². The predicted octanol–water partition coefficient (Wildman–Crippen LogP) is 2.04. The molecule has 60 valence electrons. The van der Waals surface area contributed by atoms with Gasteiger partial charge in [-0.3, -0.25) is 4.90 Å². The second kappa shape index (κ2) is 2.74. The molecule has 1 nitrogen and oxygen atoms in total. The largest absolute Gasteiger partial charge is 0.291 e. The Balaban J connectivity index is 2.66. The smallest absolute Gasteiger partial charge is 0.0663 e. The molecule has 0 aliphatic carbocycles. The lowest BCUT2D eigenvalue weighted by atomic mass is 10.0. The first-order valence-electron chi connectivity index (χ1n) is 3.92. The molecule has 1 atom stereocenters. The van der Waals surface area contributed by atoms with Crippen molar-refractivity contribution in [1.29, 1.82) is 0 Å². The van der Waals surface area contributed by atoms with Gasteiger partial charge >= 0.3 is 0 Å². The van der Waals surface area contributed by atoms with Gasteiger partial charge in [0.25, 0.3) is 0 Å². The monoisotopic (exact) mass is 159 g/mol. The molecular weight excluding hydrogens is 142 g/mol. The minimum Gasteiger partial charge on any atom is -0.291 e. The number of rotatable bonds is 1. The molecular formula is C8H17NS. The van der Waals surface area contributed by atoms with Gasteiger partial charge in [-0.15, -0.1) is 11.8 Å². The van der Waals surface area contributed by atoms with Crippen molar-refractivity contribution in [1.82, 2.24) is 4.90 Å². The maximum absolute atomic E-state index is 2.46. The summed E-state index contributed by atoms with van der Waals surface area (Å²) in [6.07, 6.45) is 0. The molecule has 1 heterocycles. The van der Waals surface area contributed by atoms with E-state index in [1.807, 2.05) is 0 Å². The highest BCUT2D eigenvalue weighted by Gasteiger charge is 2.37. The van der Waals surface area contributed by atoms with Gasteiger partial charge in [-0.05, 0) is 19.9 Å². The second-order valence-corrected chi connectivity index (χ2v) is 5.00. The summed E-state index contributed by atoms with van der Waals surface area (Å²) in [6.45, 7) is 8.19. The van der Waals surface area contributed by atoms with E-state index in [2.05, 4.69) is 44.5 Å². The molecule has 2 heteroatoms. The molecule has 0 N–H and O–H groups in total. The van der Waals surface area contributed by atoms with Gasteiger partial charge < -0.3 is 0 Å². The second-order valence-electron chi connectivity index (χ2n) is 3.48. The molecule has 0 aromatic heterocycles. The van der Waals surface area contributed by atoms with Gasteiger partial charge in [0.1, 0.15) is 0 Å². The standard InChI is InChI=1S/C8H17NS/c1-7(2)8(3)9(4)5-6-10-8/h7H,5-6H2,1-4H3. The summed E-state index contributed by atoms with van der Waals surface area (Å²) in [6, 6.07) is 0. The Morgan fingerprint density at radius 3 is 2.30 bits per heavy atom. The summed E-state index contributed by atoms with van der Waals surface area (Å²) in [5.74, 6) is 2.05. The molecule has 0 spiro atoms. The van der Waals surface area contributed by atoms with E-state index in [1.165, 1.54) is 12.3 Å². The lowest BCUT2D eigenvalue weighted by Gasteiger charge is -2.35. The first-order valence-corrected chi connectivity index (χ1v) is 4.91. The van der Waals surface area contributed by atoms with Gasteiger partial charge in [0.05, 0.1) is 4.87 Å². The van der Waals surface area contributed by atoms with Crippen LogP contribution in [-0.4, -0.2) is 29.1 Å². The molecule has 0 bridgehead atoms. The minimum absolute atomic E-state index is 0.403. The molecule has 0 aromatic carbocycles. The fourth-order valence-electron chi connectivity index (χ4n) is 1.33. The molecule has 1 fully saturated rings. The van der Waals surface area contributed by atoms with Gasteiger partial charge in [-0.2, -0.15) is 0 Å². The Morgan fingerprint density at radius 1 is 1.50 bits per heavy atom. The third kappa shape index (κ3) is 1.19. The molecule has 1 aliphatic rings. The van der Waals surface area contributed by atoms with Crippen LogP contribution >= 0.6 is 11.8 Å².